The Morgan fingerprint density at radius 1 is 1.07 bits per heavy atom. The summed E-state index contributed by atoms with van der Waals surface area (Å²) in [5.74, 6) is -0.188. The molecule has 72 valence electrons. The summed E-state index contributed by atoms with van der Waals surface area (Å²) in [4.78, 5) is 1.99. The molecule has 2 aromatic carbocycles. The van der Waals surface area contributed by atoms with Crippen LogP contribution < -0.4 is 4.90 Å². The first-order chi connectivity index (χ1) is 6.68. The molecule has 0 amide bonds. The summed E-state index contributed by atoms with van der Waals surface area (Å²) in [5, 5.41) is 2.02. The van der Waals surface area contributed by atoms with Gasteiger partial charge in [-0.25, -0.2) is 4.39 Å². The summed E-state index contributed by atoms with van der Waals surface area (Å²) in [7, 11) is 3.92. The van der Waals surface area contributed by atoms with Gasteiger partial charge in [0.1, 0.15) is 5.82 Å². The van der Waals surface area contributed by atoms with Crippen molar-refractivity contribution in [2.45, 2.75) is 0 Å². The lowest BCUT2D eigenvalue weighted by Gasteiger charge is -2.15. The smallest absolute Gasteiger partial charge is 0.123 e. The maximum Gasteiger partial charge on any atom is 0.123 e. The second-order valence-corrected chi connectivity index (χ2v) is 3.54. The van der Waals surface area contributed by atoms with Crippen molar-refractivity contribution in [1.82, 2.24) is 0 Å². The van der Waals surface area contributed by atoms with Crippen LogP contribution in [0.3, 0.4) is 0 Å². The lowest BCUT2D eigenvalue weighted by atomic mass is 10.1. The number of anilines is 1. The van der Waals surface area contributed by atoms with Crippen LogP contribution in [-0.4, -0.2) is 14.1 Å². The maximum absolute atomic E-state index is 13.1. The van der Waals surface area contributed by atoms with Gasteiger partial charge in [0.05, 0.1) is 0 Å². The lowest BCUT2D eigenvalue weighted by Crippen LogP contribution is -2.08. The van der Waals surface area contributed by atoms with Gasteiger partial charge in [0, 0.05) is 25.2 Å². The van der Waals surface area contributed by atoms with Gasteiger partial charge in [0.2, 0.25) is 0 Å². The molecule has 0 bridgehead atoms. The number of hydrogen-bond donors (Lipinski definition) is 0. The average molecular weight is 189 g/mol. The van der Waals surface area contributed by atoms with Crippen LogP contribution in [0.5, 0.6) is 0 Å². The molecule has 0 heterocycles. The highest BCUT2D eigenvalue weighted by Gasteiger charge is 2.02. The summed E-state index contributed by atoms with van der Waals surface area (Å²) >= 11 is 0. The molecule has 0 saturated carbocycles. The van der Waals surface area contributed by atoms with Crippen molar-refractivity contribution in [3.05, 3.63) is 42.2 Å². The second kappa shape index (κ2) is 3.29. The Kier molecular flexibility index (Phi) is 2.12. The highest BCUT2D eigenvalue weighted by Crippen LogP contribution is 2.25. The van der Waals surface area contributed by atoms with Crippen molar-refractivity contribution in [2.24, 2.45) is 0 Å². The van der Waals surface area contributed by atoms with Crippen molar-refractivity contribution in [1.29, 1.82) is 0 Å². The Balaban J connectivity index is 2.77. The second-order valence-electron chi connectivity index (χ2n) is 3.54. The van der Waals surface area contributed by atoms with Gasteiger partial charge in [0.15, 0.2) is 0 Å². The Bertz CT molecular complexity index is 463. The minimum absolute atomic E-state index is 0.188. The predicted octanol–water partition coefficient (Wildman–Crippen LogP) is 3.04. The zero-order valence-electron chi connectivity index (χ0n) is 8.29. The lowest BCUT2D eigenvalue weighted by molar-refractivity contribution is 0.630. The van der Waals surface area contributed by atoms with Crippen LogP contribution in [0.1, 0.15) is 0 Å². The van der Waals surface area contributed by atoms with Crippen LogP contribution in [0.4, 0.5) is 10.1 Å². The van der Waals surface area contributed by atoms with Crippen molar-refractivity contribution in [3.8, 4) is 0 Å². The highest BCUT2D eigenvalue weighted by molar-refractivity contribution is 5.94. The zero-order valence-corrected chi connectivity index (χ0v) is 8.29. The van der Waals surface area contributed by atoms with E-state index in [0.29, 0.717) is 0 Å². The molecule has 0 unspecified atom stereocenters. The van der Waals surface area contributed by atoms with E-state index in [1.54, 1.807) is 12.1 Å². The number of nitrogens with zero attached hydrogens (tertiary/aromatic N) is 1. The van der Waals surface area contributed by atoms with Crippen LogP contribution in [0.15, 0.2) is 36.4 Å². The topological polar surface area (TPSA) is 3.24 Å². The largest absolute Gasteiger partial charge is 0.377 e. The third-order valence-electron chi connectivity index (χ3n) is 2.30. The van der Waals surface area contributed by atoms with E-state index in [0.717, 1.165) is 16.5 Å². The number of benzene rings is 2. The van der Waals surface area contributed by atoms with E-state index in [2.05, 4.69) is 0 Å². The Morgan fingerprint density at radius 3 is 2.57 bits per heavy atom. The van der Waals surface area contributed by atoms with Crippen molar-refractivity contribution in [3.63, 3.8) is 0 Å². The van der Waals surface area contributed by atoms with E-state index in [1.165, 1.54) is 6.07 Å². The molecule has 2 rings (SSSR count). The minimum atomic E-state index is -0.188. The molecule has 1 nitrogen and oxygen atoms in total. The summed E-state index contributed by atoms with van der Waals surface area (Å²) in [5.41, 5.74) is 1.04. The first-order valence-corrected chi connectivity index (χ1v) is 4.54. The summed E-state index contributed by atoms with van der Waals surface area (Å²) in [6, 6.07) is 10.8. The van der Waals surface area contributed by atoms with Gasteiger partial charge in [-0.05, 0) is 23.6 Å². The molecule has 0 aliphatic rings. The number of hydrogen-bond acceptors (Lipinski definition) is 1. The van der Waals surface area contributed by atoms with Crippen LogP contribution in [-0.2, 0) is 0 Å². The van der Waals surface area contributed by atoms with Gasteiger partial charge in [0.25, 0.3) is 0 Å². The number of rotatable bonds is 1. The first-order valence-electron chi connectivity index (χ1n) is 4.54. The van der Waals surface area contributed by atoms with E-state index in [1.807, 2.05) is 37.2 Å². The van der Waals surface area contributed by atoms with E-state index in [9.17, 15) is 4.39 Å². The molecule has 0 spiro atoms. The van der Waals surface area contributed by atoms with Crippen LogP contribution in [0.2, 0.25) is 0 Å². The van der Waals surface area contributed by atoms with Gasteiger partial charge in [-0.15, -0.1) is 0 Å². The first kappa shape index (κ1) is 9.00. The molecule has 0 N–H and O–H groups in total. The number of fused-ring (bicyclic) bond motifs is 1. The summed E-state index contributed by atoms with van der Waals surface area (Å²) < 4.78 is 13.1. The van der Waals surface area contributed by atoms with Gasteiger partial charge >= 0.3 is 0 Å². The van der Waals surface area contributed by atoms with E-state index in [4.69, 9.17) is 0 Å². The molecule has 0 fully saturated rings. The Morgan fingerprint density at radius 2 is 1.86 bits per heavy atom. The third kappa shape index (κ3) is 1.43. The molecule has 14 heavy (non-hydrogen) atoms. The van der Waals surface area contributed by atoms with Crippen molar-refractivity contribution < 1.29 is 4.39 Å². The van der Waals surface area contributed by atoms with Crippen LogP contribution in [0.25, 0.3) is 10.8 Å². The molecule has 0 radical (unpaired) electrons. The van der Waals surface area contributed by atoms with Gasteiger partial charge in [-0.3, -0.25) is 0 Å². The van der Waals surface area contributed by atoms with E-state index >= 15 is 0 Å². The van der Waals surface area contributed by atoms with Gasteiger partial charge < -0.3 is 4.90 Å². The minimum Gasteiger partial charge on any atom is -0.377 e. The standard InChI is InChI=1S/C12H12FN/c1-14(2)12-5-3-4-9-6-7-10(13)8-11(9)12/h3-8H,1-2H3. The molecule has 0 saturated heterocycles. The van der Waals surface area contributed by atoms with E-state index < -0.39 is 0 Å². The molecule has 2 aromatic rings. The van der Waals surface area contributed by atoms with Gasteiger partial charge in [-0.2, -0.15) is 0 Å². The van der Waals surface area contributed by atoms with Crippen LogP contribution in [0, 0.1) is 5.82 Å². The summed E-state index contributed by atoms with van der Waals surface area (Å²) in [6.07, 6.45) is 0. The fourth-order valence-electron chi connectivity index (χ4n) is 1.62. The molecule has 0 atom stereocenters. The summed E-state index contributed by atoms with van der Waals surface area (Å²) in [6.45, 7) is 0. The molecule has 0 aromatic heterocycles. The molecule has 2 heteroatoms. The van der Waals surface area contributed by atoms with Crippen molar-refractivity contribution >= 4 is 16.5 Å². The SMILES string of the molecule is CN(C)c1cccc2ccc(F)cc12. The van der Waals surface area contributed by atoms with E-state index in [-0.39, 0.29) is 5.82 Å². The van der Waals surface area contributed by atoms with Crippen molar-refractivity contribution in [2.75, 3.05) is 19.0 Å². The van der Waals surface area contributed by atoms with Gasteiger partial charge in [-0.1, -0.05) is 18.2 Å². The fraction of sp³-hybridized carbons (Fsp3) is 0.167. The Hall–Kier alpha value is -1.57. The molecule has 0 aliphatic heterocycles. The third-order valence-corrected chi connectivity index (χ3v) is 2.30. The molecule has 0 aliphatic carbocycles. The molecular weight excluding hydrogens is 177 g/mol. The number of halogens is 1. The quantitative estimate of drug-likeness (QED) is 0.666. The van der Waals surface area contributed by atoms with Crippen LogP contribution >= 0.6 is 0 Å². The highest BCUT2D eigenvalue weighted by atomic mass is 19.1. The average Bonchev–Trinajstić information content (AvgIpc) is 2.16. The predicted molar refractivity (Wildman–Crippen MR) is 58.2 cm³/mol. The Labute approximate surface area is 82.8 Å². The normalized spacial score (nSPS) is 10.5. The zero-order chi connectivity index (χ0) is 10.1. The molecular formula is C12H12FN. The monoisotopic (exact) mass is 189 g/mol. The maximum atomic E-state index is 13.1. The fourth-order valence-corrected chi connectivity index (χ4v) is 1.62.